The van der Waals surface area contributed by atoms with E-state index in [0.29, 0.717) is 0 Å². The predicted octanol–water partition coefficient (Wildman–Crippen LogP) is -0.783. The van der Waals surface area contributed by atoms with Gasteiger partial charge in [0.1, 0.15) is 0 Å². The maximum Gasteiger partial charge on any atom is 0.266 e. The fraction of sp³-hybridized carbons (Fsp3) is 0.400. The molecule has 7 nitrogen and oxygen atoms in total. The van der Waals surface area contributed by atoms with Gasteiger partial charge in [-0.25, -0.2) is 0 Å². The Labute approximate surface area is 107 Å². The van der Waals surface area contributed by atoms with Crippen LogP contribution in [0, 0.1) is 0 Å². The van der Waals surface area contributed by atoms with Crippen LogP contribution in [0.15, 0.2) is 25.3 Å². The Hall–Kier alpha value is -1.51. The maximum atomic E-state index is 11.1. The molecule has 0 aliphatic heterocycles. The Balaban J connectivity index is 0. The molecular weight excluding hydrogens is 260 g/mol. The molecule has 0 spiro atoms. The first-order valence-corrected chi connectivity index (χ1v) is 6.35. The van der Waals surface area contributed by atoms with E-state index >= 15 is 0 Å². The van der Waals surface area contributed by atoms with E-state index in [9.17, 15) is 18.0 Å². The molecule has 0 aromatic carbocycles. The molecule has 8 heteroatoms. The minimum Gasteiger partial charge on any atom is -0.366 e. The summed E-state index contributed by atoms with van der Waals surface area (Å²) in [6, 6.07) is -0.868. The van der Waals surface area contributed by atoms with Crippen molar-refractivity contribution >= 4 is 21.8 Å². The van der Waals surface area contributed by atoms with E-state index < -0.39 is 33.6 Å². The van der Waals surface area contributed by atoms with Gasteiger partial charge in [-0.05, 0) is 26.2 Å². The summed E-state index contributed by atoms with van der Waals surface area (Å²) in [6.45, 7) is 6.33. The molecule has 0 aliphatic carbocycles. The van der Waals surface area contributed by atoms with Gasteiger partial charge in [0.25, 0.3) is 10.1 Å². The first-order valence-electron chi connectivity index (χ1n) is 4.74. The van der Waals surface area contributed by atoms with E-state index in [2.05, 4.69) is 18.9 Å². The molecule has 0 aromatic rings. The SMILES string of the molecule is C=CC(=O)C(CS(=O)(=O)O)N(C)C.C=CC(N)=O. The Bertz CT molecular complexity index is 414. The van der Waals surface area contributed by atoms with Gasteiger partial charge in [0, 0.05) is 0 Å². The normalized spacial score (nSPS) is 12.0. The van der Waals surface area contributed by atoms with Gasteiger partial charge in [0.2, 0.25) is 5.91 Å². The van der Waals surface area contributed by atoms with Crippen molar-refractivity contribution < 1.29 is 22.6 Å². The van der Waals surface area contributed by atoms with Crippen LogP contribution in [-0.4, -0.2) is 55.5 Å². The summed E-state index contributed by atoms with van der Waals surface area (Å²) in [7, 11) is -1.03. The third-order valence-corrected chi connectivity index (χ3v) is 2.46. The molecule has 18 heavy (non-hydrogen) atoms. The second-order valence-electron chi connectivity index (χ2n) is 3.44. The topological polar surface area (TPSA) is 118 Å². The summed E-state index contributed by atoms with van der Waals surface area (Å²) in [5, 5.41) is 0. The number of nitrogens with two attached hydrogens (primary N) is 1. The Morgan fingerprint density at radius 1 is 1.33 bits per heavy atom. The van der Waals surface area contributed by atoms with Crippen LogP contribution in [0.25, 0.3) is 0 Å². The minimum atomic E-state index is -4.13. The Morgan fingerprint density at radius 2 is 1.72 bits per heavy atom. The first-order chi connectivity index (χ1) is 8.05. The van der Waals surface area contributed by atoms with E-state index in [-0.39, 0.29) is 0 Å². The number of carbonyl (C=O) groups excluding carboxylic acids is 2. The van der Waals surface area contributed by atoms with Gasteiger partial charge in [-0.2, -0.15) is 8.42 Å². The van der Waals surface area contributed by atoms with E-state index in [1.165, 1.54) is 4.90 Å². The summed E-state index contributed by atoms with van der Waals surface area (Å²) in [4.78, 5) is 22.0. The fourth-order valence-corrected chi connectivity index (χ4v) is 1.68. The molecule has 0 fully saturated rings. The number of amides is 1. The molecule has 1 unspecified atom stereocenters. The number of hydrogen-bond acceptors (Lipinski definition) is 5. The van der Waals surface area contributed by atoms with Crippen LogP contribution in [-0.2, 0) is 19.7 Å². The molecule has 0 rings (SSSR count). The molecule has 0 aliphatic rings. The van der Waals surface area contributed by atoms with Gasteiger partial charge in [-0.15, -0.1) is 0 Å². The van der Waals surface area contributed by atoms with Crippen molar-refractivity contribution in [2.45, 2.75) is 6.04 Å². The van der Waals surface area contributed by atoms with Crippen LogP contribution in [0.5, 0.6) is 0 Å². The number of ketones is 1. The molecule has 1 amide bonds. The number of likely N-dealkylation sites (N-methyl/N-ethyl adjacent to an activating group) is 1. The predicted molar refractivity (Wildman–Crippen MR) is 68.5 cm³/mol. The van der Waals surface area contributed by atoms with Gasteiger partial charge in [-0.1, -0.05) is 13.2 Å². The first kappa shape index (κ1) is 18.8. The zero-order valence-electron chi connectivity index (χ0n) is 10.4. The van der Waals surface area contributed by atoms with Crippen LogP contribution < -0.4 is 5.73 Å². The molecule has 0 heterocycles. The highest BCUT2D eigenvalue weighted by Crippen LogP contribution is 2.00. The smallest absolute Gasteiger partial charge is 0.266 e. The molecule has 3 N–H and O–H groups in total. The minimum absolute atomic E-state index is 0.428. The quantitative estimate of drug-likeness (QED) is 0.486. The second kappa shape index (κ2) is 8.56. The van der Waals surface area contributed by atoms with E-state index in [1.807, 2.05) is 0 Å². The van der Waals surface area contributed by atoms with Crippen LogP contribution in [0.1, 0.15) is 0 Å². The molecule has 0 aromatic heterocycles. The van der Waals surface area contributed by atoms with E-state index in [4.69, 9.17) is 4.55 Å². The average Bonchev–Trinajstić information content (AvgIpc) is 2.24. The summed E-state index contributed by atoms with van der Waals surface area (Å²) < 4.78 is 29.6. The highest BCUT2D eigenvalue weighted by Gasteiger charge is 2.23. The summed E-state index contributed by atoms with van der Waals surface area (Å²) in [6.07, 6.45) is 2.09. The van der Waals surface area contributed by atoms with Crippen molar-refractivity contribution in [3.05, 3.63) is 25.3 Å². The lowest BCUT2D eigenvalue weighted by Crippen LogP contribution is -2.40. The van der Waals surface area contributed by atoms with Gasteiger partial charge in [-0.3, -0.25) is 19.0 Å². The second-order valence-corrected chi connectivity index (χ2v) is 4.94. The van der Waals surface area contributed by atoms with E-state index in [1.54, 1.807) is 14.1 Å². The van der Waals surface area contributed by atoms with Gasteiger partial charge >= 0.3 is 0 Å². The number of nitrogens with zero attached hydrogens (tertiary/aromatic N) is 1. The molecule has 0 saturated carbocycles. The average molecular weight is 278 g/mol. The van der Waals surface area contributed by atoms with Gasteiger partial charge in [0.15, 0.2) is 5.78 Å². The number of rotatable bonds is 6. The van der Waals surface area contributed by atoms with Crippen molar-refractivity contribution in [3.63, 3.8) is 0 Å². The molecule has 1 atom stereocenters. The van der Waals surface area contributed by atoms with Crippen molar-refractivity contribution in [1.29, 1.82) is 0 Å². The zero-order valence-corrected chi connectivity index (χ0v) is 11.2. The number of carbonyl (C=O) groups is 2. The zero-order chi connectivity index (χ0) is 14.9. The van der Waals surface area contributed by atoms with Crippen molar-refractivity contribution in [3.8, 4) is 0 Å². The lowest BCUT2D eigenvalue weighted by atomic mass is 10.2. The van der Waals surface area contributed by atoms with Crippen LogP contribution in [0.2, 0.25) is 0 Å². The molecule has 0 radical (unpaired) electrons. The lowest BCUT2D eigenvalue weighted by Gasteiger charge is -2.19. The number of hydrogen-bond donors (Lipinski definition) is 2. The third-order valence-electron chi connectivity index (χ3n) is 1.72. The van der Waals surface area contributed by atoms with Crippen molar-refractivity contribution in [1.82, 2.24) is 4.90 Å². The third kappa shape index (κ3) is 11.0. The van der Waals surface area contributed by atoms with Gasteiger partial charge in [0.05, 0.1) is 11.8 Å². The largest absolute Gasteiger partial charge is 0.366 e. The van der Waals surface area contributed by atoms with Crippen molar-refractivity contribution in [2.75, 3.05) is 19.8 Å². The molecule has 104 valence electrons. The Morgan fingerprint density at radius 3 is 1.89 bits per heavy atom. The molecular formula is C10H18N2O5S. The maximum absolute atomic E-state index is 11.1. The summed E-state index contributed by atoms with van der Waals surface area (Å²) in [5.41, 5.74) is 4.53. The Kier molecular flexibility index (Phi) is 8.96. The van der Waals surface area contributed by atoms with Crippen LogP contribution in [0.4, 0.5) is 0 Å². The van der Waals surface area contributed by atoms with E-state index in [0.717, 1.165) is 12.2 Å². The van der Waals surface area contributed by atoms with Crippen molar-refractivity contribution in [2.24, 2.45) is 5.73 Å². The van der Waals surface area contributed by atoms with Crippen LogP contribution >= 0.6 is 0 Å². The highest BCUT2D eigenvalue weighted by atomic mass is 32.2. The summed E-state index contributed by atoms with van der Waals surface area (Å²) >= 11 is 0. The molecule has 0 bridgehead atoms. The monoisotopic (exact) mass is 278 g/mol. The highest BCUT2D eigenvalue weighted by molar-refractivity contribution is 7.85. The molecule has 0 saturated heterocycles. The lowest BCUT2D eigenvalue weighted by molar-refractivity contribution is -0.118. The number of primary amides is 1. The van der Waals surface area contributed by atoms with Crippen LogP contribution in [0.3, 0.4) is 0 Å². The fourth-order valence-electron chi connectivity index (χ4n) is 0.821. The summed E-state index contributed by atoms with van der Waals surface area (Å²) in [5.74, 6) is -1.52. The van der Waals surface area contributed by atoms with Gasteiger partial charge < -0.3 is 5.73 Å². The standard InChI is InChI=1S/C7H13NO4S.C3H5NO/c1-4-7(9)6(8(2)3)5-13(10,11)12;1-2-3(4)5/h4,6H,1,5H2,2-3H3,(H,10,11,12);2H,1H2,(H2,4,5).